The Kier molecular flexibility index (Phi) is 7.75. The van der Waals surface area contributed by atoms with Crippen molar-refractivity contribution in [2.75, 3.05) is 13.1 Å². The molecule has 1 aromatic rings. The van der Waals surface area contributed by atoms with Crippen molar-refractivity contribution in [1.29, 1.82) is 0 Å². The first-order valence-electron chi connectivity index (χ1n) is 8.20. The Morgan fingerprint density at radius 1 is 1.22 bits per heavy atom. The summed E-state index contributed by atoms with van der Waals surface area (Å²) in [5, 5.41) is 5.84. The van der Waals surface area contributed by atoms with E-state index in [2.05, 4.69) is 24.5 Å². The molecule has 0 spiro atoms. The summed E-state index contributed by atoms with van der Waals surface area (Å²) in [5.41, 5.74) is 6.06. The highest BCUT2D eigenvalue weighted by molar-refractivity contribution is 5.94. The van der Waals surface area contributed by atoms with Crippen molar-refractivity contribution in [1.82, 2.24) is 10.6 Å². The van der Waals surface area contributed by atoms with E-state index in [0.29, 0.717) is 37.4 Å². The SMILES string of the molecule is CC(C)CC(C)(CN)NC(=O)CCCNC(=O)c1ccccc1. The fourth-order valence-corrected chi connectivity index (χ4v) is 2.63. The third kappa shape index (κ3) is 7.28. The Hall–Kier alpha value is -1.88. The lowest BCUT2D eigenvalue weighted by molar-refractivity contribution is -0.123. The number of rotatable bonds is 9. The van der Waals surface area contributed by atoms with Crippen LogP contribution in [-0.4, -0.2) is 30.4 Å². The van der Waals surface area contributed by atoms with Gasteiger partial charge in [0, 0.05) is 30.6 Å². The van der Waals surface area contributed by atoms with Crippen LogP contribution in [0.2, 0.25) is 0 Å². The van der Waals surface area contributed by atoms with E-state index < -0.39 is 0 Å². The molecule has 0 saturated heterocycles. The van der Waals surface area contributed by atoms with Crippen molar-refractivity contribution in [2.24, 2.45) is 11.7 Å². The predicted octanol–water partition coefficient (Wildman–Crippen LogP) is 2.08. The summed E-state index contributed by atoms with van der Waals surface area (Å²) in [5.74, 6) is 0.333. The van der Waals surface area contributed by atoms with Gasteiger partial charge in [0.15, 0.2) is 0 Å². The quantitative estimate of drug-likeness (QED) is 0.609. The van der Waals surface area contributed by atoms with Gasteiger partial charge >= 0.3 is 0 Å². The van der Waals surface area contributed by atoms with Gasteiger partial charge < -0.3 is 16.4 Å². The highest BCUT2D eigenvalue weighted by Gasteiger charge is 2.25. The molecule has 0 aliphatic heterocycles. The number of hydrogen-bond donors (Lipinski definition) is 3. The molecule has 0 aliphatic rings. The van der Waals surface area contributed by atoms with E-state index in [0.717, 1.165) is 6.42 Å². The van der Waals surface area contributed by atoms with Crippen LogP contribution in [0.3, 0.4) is 0 Å². The van der Waals surface area contributed by atoms with Gasteiger partial charge in [0.1, 0.15) is 0 Å². The molecule has 0 saturated carbocycles. The summed E-state index contributed by atoms with van der Waals surface area (Å²) in [4.78, 5) is 23.9. The Bertz CT molecular complexity index is 502. The Morgan fingerprint density at radius 2 is 1.87 bits per heavy atom. The molecule has 0 heterocycles. The number of amides is 2. The van der Waals surface area contributed by atoms with Crippen molar-refractivity contribution < 1.29 is 9.59 Å². The Morgan fingerprint density at radius 3 is 2.43 bits per heavy atom. The van der Waals surface area contributed by atoms with Gasteiger partial charge in [-0.05, 0) is 37.8 Å². The summed E-state index contributed by atoms with van der Waals surface area (Å²) in [6.07, 6.45) is 1.83. The van der Waals surface area contributed by atoms with Gasteiger partial charge in [-0.25, -0.2) is 0 Å². The second-order valence-electron chi connectivity index (χ2n) is 6.64. The lowest BCUT2D eigenvalue weighted by atomic mass is 9.90. The van der Waals surface area contributed by atoms with Crippen molar-refractivity contribution in [3.63, 3.8) is 0 Å². The summed E-state index contributed by atoms with van der Waals surface area (Å²) in [7, 11) is 0. The van der Waals surface area contributed by atoms with Crippen LogP contribution in [0, 0.1) is 5.92 Å². The zero-order valence-electron chi connectivity index (χ0n) is 14.4. The highest BCUT2D eigenvalue weighted by Crippen LogP contribution is 2.15. The standard InChI is InChI=1S/C18H29N3O2/c1-14(2)12-18(3,13-19)21-16(22)10-7-11-20-17(23)15-8-5-4-6-9-15/h4-6,8-9,14H,7,10-13,19H2,1-3H3,(H,20,23)(H,21,22). The van der Waals surface area contributed by atoms with Crippen LogP contribution in [0.4, 0.5) is 0 Å². The normalized spacial score (nSPS) is 13.4. The number of benzene rings is 1. The molecule has 1 rings (SSSR count). The highest BCUT2D eigenvalue weighted by atomic mass is 16.2. The molecule has 1 atom stereocenters. The summed E-state index contributed by atoms with van der Waals surface area (Å²) in [6.45, 7) is 7.09. The van der Waals surface area contributed by atoms with Crippen LogP contribution < -0.4 is 16.4 Å². The average Bonchev–Trinajstić information content (AvgIpc) is 2.51. The lowest BCUT2D eigenvalue weighted by Crippen LogP contribution is -2.52. The molecule has 128 valence electrons. The van der Waals surface area contributed by atoms with E-state index in [9.17, 15) is 9.59 Å². The molecular formula is C18H29N3O2. The molecule has 1 aromatic carbocycles. The van der Waals surface area contributed by atoms with E-state index in [1.807, 2.05) is 25.1 Å². The van der Waals surface area contributed by atoms with Gasteiger partial charge in [-0.1, -0.05) is 32.0 Å². The van der Waals surface area contributed by atoms with Gasteiger partial charge in [-0.3, -0.25) is 9.59 Å². The largest absolute Gasteiger partial charge is 0.352 e. The summed E-state index contributed by atoms with van der Waals surface area (Å²) < 4.78 is 0. The molecule has 0 bridgehead atoms. The van der Waals surface area contributed by atoms with Crippen molar-refractivity contribution in [2.45, 2.75) is 45.6 Å². The van der Waals surface area contributed by atoms with Gasteiger partial charge in [-0.2, -0.15) is 0 Å². The zero-order chi connectivity index (χ0) is 17.3. The number of nitrogens with one attached hydrogen (secondary N) is 2. The predicted molar refractivity (Wildman–Crippen MR) is 93.1 cm³/mol. The number of carbonyl (C=O) groups is 2. The van der Waals surface area contributed by atoms with Crippen molar-refractivity contribution >= 4 is 11.8 Å². The minimum atomic E-state index is -0.363. The van der Waals surface area contributed by atoms with E-state index >= 15 is 0 Å². The second-order valence-corrected chi connectivity index (χ2v) is 6.64. The maximum atomic E-state index is 12.0. The van der Waals surface area contributed by atoms with Crippen LogP contribution in [0.5, 0.6) is 0 Å². The maximum Gasteiger partial charge on any atom is 0.251 e. The summed E-state index contributed by atoms with van der Waals surface area (Å²) in [6, 6.07) is 9.05. The summed E-state index contributed by atoms with van der Waals surface area (Å²) >= 11 is 0. The fraction of sp³-hybridized carbons (Fsp3) is 0.556. The number of carbonyl (C=O) groups excluding carboxylic acids is 2. The van der Waals surface area contributed by atoms with Gasteiger partial charge in [0.2, 0.25) is 5.91 Å². The minimum absolute atomic E-state index is 0.0208. The molecular weight excluding hydrogens is 290 g/mol. The zero-order valence-corrected chi connectivity index (χ0v) is 14.4. The number of hydrogen-bond acceptors (Lipinski definition) is 3. The molecule has 4 N–H and O–H groups in total. The molecule has 1 unspecified atom stereocenters. The van der Waals surface area contributed by atoms with Crippen molar-refractivity contribution in [3.8, 4) is 0 Å². The first-order valence-corrected chi connectivity index (χ1v) is 8.20. The van der Waals surface area contributed by atoms with E-state index in [1.165, 1.54) is 0 Å². The van der Waals surface area contributed by atoms with E-state index in [4.69, 9.17) is 5.73 Å². The third-order valence-electron chi connectivity index (χ3n) is 3.65. The second kappa shape index (κ2) is 9.30. The molecule has 0 aromatic heterocycles. The minimum Gasteiger partial charge on any atom is -0.352 e. The fourth-order valence-electron chi connectivity index (χ4n) is 2.63. The van der Waals surface area contributed by atoms with Gasteiger partial charge in [-0.15, -0.1) is 0 Å². The van der Waals surface area contributed by atoms with Gasteiger partial charge in [0.25, 0.3) is 5.91 Å². The van der Waals surface area contributed by atoms with Crippen LogP contribution in [0.25, 0.3) is 0 Å². The molecule has 5 heteroatoms. The molecule has 0 aliphatic carbocycles. The van der Waals surface area contributed by atoms with E-state index in [-0.39, 0.29) is 17.4 Å². The first kappa shape index (κ1) is 19.2. The topological polar surface area (TPSA) is 84.2 Å². The van der Waals surface area contributed by atoms with Crippen LogP contribution in [-0.2, 0) is 4.79 Å². The van der Waals surface area contributed by atoms with Gasteiger partial charge in [0.05, 0.1) is 0 Å². The number of nitrogens with two attached hydrogens (primary N) is 1. The monoisotopic (exact) mass is 319 g/mol. The van der Waals surface area contributed by atoms with Crippen LogP contribution in [0.15, 0.2) is 30.3 Å². The smallest absolute Gasteiger partial charge is 0.251 e. The van der Waals surface area contributed by atoms with Crippen LogP contribution in [0.1, 0.15) is 50.4 Å². The maximum absolute atomic E-state index is 12.0. The van der Waals surface area contributed by atoms with Crippen molar-refractivity contribution in [3.05, 3.63) is 35.9 Å². The molecule has 0 radical (unpaired) electrons. The van der Waals surface area contributed by atoms with Crippen LogP contribution >= 0.6 is 0 Å². The molecule has 23 heavy (non-hydrogen) atoms. The third-order valence-corrected chi connectivity index (χ3v) is 3.65. The Labute approximate surface area is 139 Å². The Balaban J connectivity index is 2.30. The first-order chi connectivity index (χ1) is 10.9. The lowest BCUT2D eigenvalue weighted by Gasteiger charge is -2.31. The average molecular weight is 319 g/mol. The molecule has 5 nitrogen and oxygen atoms in total. The van der Waals surface area contributed by atoms with E-state index in [1.54, 1.807) is 12.1 Å². The molecule has 0 fully saturated rings. The molecule has 2 amide bonds.